The largest absolute Gasteiger partial charge is 0.435 e. The Hall–Kier alpha value is -3.43. The number of fused-ring (bicyclic) bond motifs is 2. The van der Waals surface area contributed by atoms with Gasteiger partial charge in [0.1, 0.15) is 5.60 Å². The zero-order chi connectivity index (χ0) is 30.0. The van der Waals surface area contributed by atoms with Crippen molar-refractivity contribution >= 4 is 28.9 Å². The van der Waals surface area contributed by atoms with Crippen LogP contribution in [-0.2, 0) is 27.4 Å². The molecular formula is C33H24Cl2F4N2O2. The summed E-state index contributed by atoms with van der Waals surface area (Å²) in [6, 6.07) is 27.9. The molecule has 1 fully saturated rings. The molecule has 1 atom stereocenters. The molecule has 1 unspecified atom stereocenters. The van der Waals surface area contributed by atoms with E-state index in [1.165, 1.54) is 11.1 Å². The van der Waals surface area contributed by atoms with E-state index in [4.69, 9.17) is 32.8 Å². The van der Waals surface area contributed by atoms with Crippen molar-refractivity contribution in [2.75, 3.05) is 13.1 Å². The predicted molar refractivity (Wildman–Crippen MR) is 156 cm³/mol. The number of halogens is 6. The molecule has 0 radical (unpaired) electrons. The fraction of sp³-hybridized carbons (Fsp3) is 0.242. The van der Waals surface area contributed by atoms with Crippen molar-refractivity contribution in [1.29, 1.82) is 0 Å². The number of ether oxygens (including phenoxy) is 1. The van der Waals surface area contributed by atoms with Gasteiger partial charge in [0.25, 0.3) is 5.60 Å². The van der Waals surface area contributed by atoms with Crippen molar-refractivity contribution in [3.8, 4) is 0 Å². The molecule has 3 heterocycles. The lowest BCUT2D eigenvalue weighted by atomic mass is 9.81. The van der Waals surface area contributed by atoms with Crippen LogP contribution >= 0.6 is 23.2 Å². The van der Waals surface area contributed by atoms with E-state index in [-0.39, 0.29) is 11.8 Å². The van der Waals surface area contributed by atoms with E-state index in [0.717, 1.165) is 23.3 Å². The highest BCUT2D eigenvalue weighted by molar-refractivity contribution is 6.35. The van der Waals surface area contributed by atoms with Crippen molar-refractivity contribution in [3.63, 3.8) is 0 Å². The van der Waals surface area contributed by atoms with Crippen molar-refractivity contribution in [2.45, 2.75) is 36.4 Å². The number of hydrogen-bond acceptors (Lipinski definition) is 4. The minimum absolute atomic E-state index is 0.0638. The van der Waals surface area contributed by atoms with Crippen LogP contribution in [0.2, 0.25) is 10.0 Å². The predicted octanol–water partition coefficient (Wildman–Crippen LogP) is 8.55. The first-order chi connectivity index (χ1) is 20.6. The third-order valence-electron chi connectivity index (χ3n) is 8.58. The summed E-state index contributed by atoms with van der Waals surface area (Å²) in [5.41, 5.74) is 1.13. The molecule has 10 heteroatoms. The molecule has 4 nitrogen and oxygen atoms in total. The van der Waals surface area contributed by atoms with Crippen molar-refractivity contribution in [2.24, 2.45) is 5.16 Å². The van der Waals surface area contributed by atoms with Gasteiger partial charge in [0.15, 0.2) is 5.82 Å². The van der Waals surface area contributed by atoms with Crippen molar-refractivity contribution in [3.05, 3.63) is 140 Å². The summed E-state index contributed by atoms with van der Waals surface area (Å²) in [7, 11) is 0. The summed E-state index contributed by atoms with van der Waals surface area (Å²) in [6.45, 7) is 1.67. The lowest BCUT2D eigenvalue weighted by Crippen LogP contribution is -2.60. The number of rotatable bonds is 5. The Bertz CT molecular complexity index is 1660. The van der Waals surface area contributed by atoms with Crippen LogP contribution in [0.1, 0.15) is 45.8 Å². The second kappa shape index (κ2) is 10.3. The van der Waals surface area contributed by atoms with Crippen LogP contribution in [0.15, 0.2) is 96.2 Å². The Morgan fingerprint density at radius 2 is 1.44 bits per heavy atom. The number of likely N-dealkylation sites (tertiary alicyclic amines) is 1. The first kappa shape index (κ1) is 28.3. The molecule has 0 aliphatic carbocycles. The van der Waals surface area contributed by atoms with Crippen LogP contribution in [0.4, 0.5) is 17.6 Å². The lowest BCUT2D eigenvalue weighted by Gasteiger charge is -2.51. The molecule has 0 N–H and O–H groups in total. The zero-order valence-corrected chi connectivity index (χ0v) is 24.1. The molecule has 43 heavy (non-hydrogen) atoms. The summed E-state index contributed by atoms with van der Waals surface area (Å²) < 4.78 is 63.8. The Labute approximate surface area is 255 Å². The number of hydrogen-bond donors (Lipinski definition) is 0. The summed E-state index contributed by atoms with van der Waals surface area (Å²) in [5, 5.41) is 2.79. The maximum absolute atomic E-state index is 14.5. The smallest absolute Gasteiger partial charge is 0.374 e. The fourth-order valence-electron chi connectivity index (χ4n) is 6.42. The third kappa shape index (κ3) is 4.63. The average molecular weight is 627 g/mol. The van der Waals surface area contributed by atoms with Gasteiger partial charge in [-0.3, -0.25) is 4.90 Å². The highest BCUT2D eigenvalue weighted by Gasteiger charge is 2.62. The van der Waals surface area contributed by atoms with E-state index in [9.17, 15) is 17.6 Å². The Morgan fingerprint density at radius 1 is 0.837 bits per heavy atom. The second-order valence-electron chi connectivity index (χ2n) is 11.2. The van der Waals surface area contributed by atoms with Crippen molar-refractivity contribution in [1.82, 2.24) is 4.90 Å². The van der Waals surface area contributed by atoms with Crippen LogP contribution in [0.25, 0.3) is 0 Å². The van der Waals surface area contributed by atoms with Crippen LogP contribution in [-0.4, -0.2) is 29.9 Å². The van der Waals surface area contributed by atoms with Gasteiger partial charge in [-0.1, -0.05) is 101 Å². The summed E-state index contributed by atoms with van der Waals surface area (Å²) in [6.07, 6.45) is -5.50. The molecule has 0 aromatic heterocycles. The summed E-state index contributed by atoms with van der Waals surface area (Å²) in [5.74, 6) is -0.996. The number of benzene rings is 4. The molecule has 3 aliphatic heterocycles. The van der Waals surface area contributed by atoms with E-state index in [1.807, 2.05) is 48.5 Å². The molecular weight excluding hydrogens is 603 g/mol. The monoisotopic (exact) mass is 626 g/mol. The van der Waals surface area contributed by atoms with Crippen LogP contribution in [0.5, 0.6) is 0 Å². The average Bonchev–Trinajstić information content (AvgIpc) is 3.60. The molecule has 4 aromatic carbocycles. The molecule has 1 saturated heterocycles. The lowest BCUT2D eigenvalue weighted by molar-refractivity contribution is -0.275. The minimum Gasteiger partial charge on any atom is -0.374 e. The van der Waals surface area contributed by atoms with Crippen LogP contribution in [0.3, 0.4) is 0 Å². The second-order valence-corrected chi connectivity index (χ2v) is 12.0. The maximum atomic E-state index is 14.5. The molecule has 4 aromatic rings. The van der Waals surface area contributed by atoms with Crippen LogP contribution < -0.4 is 0 Å². The van der Waals surface area contributed by atoms with Gasteiger partial charge in [0, 0.05) is 25.1 Å². The van der Waals surface area contributed by atoms with E-state index >= 15 is 0 Å². The van der Waals surface area contributed by atoms with Gasteiger partial charge < -0.3 is 9.57 Å². The van der Waals surface area contributed by atoms with E-state index < -0.39 is 45.2 Å². The normalized spacial score (nSPS) is 21.0. The van der Waals surface area contributed by atoms with Gasteiger partial charge in [0.2, 0.25) is 0 Å². The molecule has 3 aliphatic rings. The minimum atomic E-state index is -4.88. The van der Waals surface area contributed by atoms with Gasteiger partial charge in [-0.15, -0.1) is 0 Å². The Kier molecular flexibility index (Phi) is 6.81. The van der Waals surface area contributed by atoms with E-state index in [0.29, 0.717) is 25.3 Å². The third-order valence-corrected chi connectivity index (χ3v) is 9.13. The first-order valence-corrected chi connectivity index (χ1v) is 14.4. The van der Waals surface area contributed by atoms with Crippen LogP contribution in [0, 0.1) is 5.82 Å². The first-order valence-electron chi connectivity index (χ1n) is 13.7. The molecule has 1 spiro atoms. The fourth-order valence-corrected chi connectivity index (χ4v) is 6.90. The zero-order valence-electron chi connectivity index (χ0n) is 22.5. The van der Waals surface area contributed by atoms with Gasteiger partial charge in [-0.05, 0) is 46.0 Å². The topological polar surface area (TPSA) is 34.1 Å². The Balaban J connectivity index is 1.14. The number of alkyl halides is 3. The highest BCUT2D eigenvalue weighted by Crippen LogP contribution is 2.51. The van der Waals surface area contributed by atoms with Crippen molar-refractivity contribution < 1.29 is 27.1 Å². The van der Waals surface area contributed by atoms with E-state index in [1.54, 1.807) is 6.07 Å². The maximum Gasteiger partial charge on any atom is 0.435 e. The molecule has 0 bridgehead atoms. The molecule has 0 amide bonds. The van der Waals surface area contributed by atoms with Gasteiger partial charge in [0.05, 0.1) is 28.4 Å². The van der Waals surface area contributed by atoms with E-state index in [2.05, 4.69) is 34.3 Å². The molecule has 220 valence electrons. The number of nitrogens with zero attached hydrogens (tertiary/aromatic N) is 2. The standard InChI is InChI=1S/C33H24Cl2F4N2O2/c34-26-14-24(15-27(35)29(26)36)32(33(37,38)39)16-28(40-43-32)22-11-12-25-23(13-22)17-42-31(25)18-41(19-31)30(20-7-3-1-4-8-20)21-9-5-2-6-10-21/h1-15,30H,16-19H2. The van der Waals surface area contributed by atoms with Gasteiger partial charge >= 0.3 is 6.18 Å². The quantitative estimate of drug-likeness (QED) is 0.164. The van der Waals surface area contributed by atoms with Gasteiger partial charge in [-0.25, -0.2) is 4.39 Å². The number of oxime groups is 1. The molecule has 7 rings (SSSR count). The summed E-state index contributed by atoms with van der Waals surface area (Å²) >= 11 is 11.7. The van der Waals surface area contributed by atoms with Gasteiger partial charge in [-0.2, -0.15) is 13.2 Å². The summed E-state index contributed by atoms with van der Waals surface area (Å²) in [4.78, 5) is 7.48. The molecule has 0 saturated carbocycles. The SMILES string of the molecule is Fc1c(Cl)cc(C2(C(F)(F)F)CC(c3ccc4c(c3)COC43CN(C(c4ccccc4)c4ccccc4)C3)=NO2)cc1Cl. The Morgan fingerprint density at radius 3 is 2.02 bits per heavy atom. The highest BCUT2D eigenvalue weighted by atomic mass is 35.5.